The maximum Gasteiger partial charge on any atom is 0.251 e. The molecule has 3 rings (SSSR count). The number of aliphatic hydroxyl groups excluding tert-OH is 1. The van der Waals surface area contributed by atoms with Gasteiger partial charge in [-0.05, 0) is 44.5 Å². The molecule has 3 N–H and O–H groups in total. The summed E-state index contributed by atoms with van der Waals surface area (Å²) in [6.07, 6.45) is 3.94. The second-order valence-corrected chi connectivity index (χ2v) is 6.68. The van der Waals surface area contributed by atoms with E-state index in [1.165, 1.54) is 19.0 Å². The molecule has 1 aliphatic heterocycles. The molecule has 1 saturated heterocycles. The molecule has 6 heteroatoms. The van der Waals surface area contributed by atoms with Crippen LogP contribution in [0, 0.1) is 6.92 Å². The zero-order valence-electron chi connectivity index (χ0n) is 15.0. The summed E-state index contributed by atoms with van der Waals surface area (Å²) in [6.45, 7) is 4.50. The number of aromatic nitrogens is 1. The van der Waals surface area contributed by atoms with Gasteiger partial charge in [0.15, 0.2) is 0 Å². The number of hydrogen-bond donors (Lipinski definition) is 3. The Labute approximate surface area is 153 Å². The number of amides is 1. The van der Waals surface area contributed by atoms with Crippen LogP contribution in [0.1, 0.15) is 45.6 Å². The zero-order chi connectivity index (χ0) is 18.5. The third-order valence-electron chi connectivity index (χ3n) is 4.88. The average Bonchev–Trinajstić information content (AvgIpc) is 3.16. The molecule has 2 aromatic rings. The van der Waals surface area contributed by atoms with Gasteiger partial charge in [-0.15, -0.1) is 0 Å². The first-order valence-corrected chi connectivity index (χ1v) is 8.95. The molecule has 0 aliphatic carbocycles. The van der Waals surface area contributed by atoms with Crippen LogP contribution >= 0.6 is 0 Å². The molecule has 0 unspecified atom stereocenters. The van der Waals surface area contributed by atoms with E-state index < -0.39 is 0 Å². The minimum Gasteiger partial charge on any atom is -0.506 e. The first-order valence-electron chi connectivity index (χ1n) is 8.95. The molecular weight excluding hydrogens is 330 g/mol. The Hall–Kier alpha value is -2.44. The van der Waals surface area contributed by atoms with Gasteiger partial charge >= 0.3 is 0 Å². The Balaban J connectivity index is 1.74. The summed E-state index contributed by atoms with van der Waals surface area (Å²) >= 11 is 0. The third kappa shape index (κ3) is 4.03. The lowest BCUT2D eigenvalue weighted by Gasteiger charge is -2.18. The molecular formula is C20H25N3O3. The fourth-order valence-corrected chi connectivity index (χ4v) is 3.34. The van der Waals surface area contributed by atoms with E-state index in [0.29, 0.717) is 22.4 Å². The van der Waals surface area contributed by atoms with E-state index in [2.05, 4.69) is 15.2 Å². The van der Waals surface area contributed by atoms with E-state index >= 15 is 0 Å². The van der Waals surface area contributed by atoms with Crippen LogP contribution in [0.15, 0.2) is 30.5 Å². The summed E-state index contributed by atoms with van der Waals surface area (Å²) in [6, 6.07) is 7.62. The van der Waals surface area contributed by atoms with Crippen molar-refractivity contribution in [2.75, 3.05) is 13.1 Å². The van der Waals surface area contributed by atoms with Crippen LogP contribution in [-0.4, -0.2) is 39.1 Å². The van der Waals surface area contributed by atoms with Gasteiger partial charge in [0.05, 0.1) is 12.3 Å². The Morgan fingerprint density at radius 1 is 1.23 bits per heavy atom. The van der Waals surface area contributed by atoms with Crippen LogP contribution < -0.4 is 5.32 Å². The molecule has 0 atom stereocenters. The second-order valence-electron chi connectivity index (χ2n) is 6.68. The average molecular weight is 355 g/mol. The van der Waals surface area contributed by atoms with Gasteiger partial charge in [-0.2, -0.15) is 0 Å². The number of pyridine rings is 1. The quantitative estimate of drug-likeness (QED) is 0.739. The Bertz CT molecular complexity index is 786. The fourth-order valence-electron chi connectivity index (χ4n) is 3.34. The topological polar surface area (TPSA) is 85.7 Å². The third-order valence-corrected chi connectivity index (χ3v) is 4.88. The molecule has 2 heterocycles. The van der Waals surface area contributed by atoms with Gasteiger partial charge in [-0.3, -0.25) is 14.7 Å². The molecule has 1 fully saturated rings. The minimum atomic E-state index is -0.239. The van der Waals surface area contributed by atoms with E-state index in [-0.39, 0.29) is 24.8 Å². The number of aromatic hydroxyl groups is 1. The number of likely N-dealkylation sites (tertiary alicyclic amines) is 1. The van der Waals surface area contributed by atoms with Crippen LogP contribution in [0.4, 0.5) is 0 Å². The first-order chi connectivity index (χ1) is 12.6. The normalized spacial score (nSPS) is 14.5. The smallest absolute Gasteiger partial charge is 0.251 e. The molecule has 0 radical (unpaired) electrons. The molecule has 26 heavy (non-hydrogen) atoms. The fraction of sp³-hybridized carbons (Fsp3) is 0.400. The molecule has 1 aromatic carbocycles. The molecule has 138 valence electrons. The largest absolute Gasteiger partial charge is 0.506 e. The van der Waals surface area contributed by atoms with Crippen LogP contribution in [-0.2, 0) is 19.7 Å². The number of aryl methyl sites for hydroxylation is 1. The van der Waals surface area contributed by atoms with Crippen molar-refractivity contribution in [1.82, 2.24) is 15.2 Å². The van der Waals surface area contributed by atoms with Gasteiger partial charge in [0, 0.05) is 36.0 Å². The molecule has 1 amide bonds. The molecule has 0 bridgehead atoms. The van der Waals surface area contributed by atoms with Crippen molar-refractivity contribution in [2.24, 2.45) is 0 Å². The van der Waals surface area contributed by atoms with Gasteiger partial charge < -0.3 is 15.5 Å². The SMILES string of the molecule is Cc1ncc(CO)c(CNC(=O)c2ccccc2CN2CCCC2)c1O. The van der Waals surface area contributed by atoms with E-state index in [1.54, 1.807) is 6.92 Å². The summed E-state index contributed by atoms with van der Waals surface area (Å²) in [5.41, 5.74) is 3.14. The van der Waals surface area contributed by atoms with Crippen molar-refractivity contribution in [3.05, 3.63) is 58.4 Å². The Morgan fingerprint density at radius 3 is 2.69 bits per heavy atom. The second kappa shape index (κ2) is 8.29. The van der Waals surface area contributed by atoms with Gasteiger partial charge in [0.2, 0.25) is 0 Å². The maximum atomic E-state index is 12.7. The number of nitrogens with zero attached hydrogens (tertiary/aromatic N) is 2. The van der Waals surface area contributed by atoms with Crippen molar-refractivity contribution in [2.45, 2.75) is 39.5 Å². The highest BCUT2D eigenvalue weighted by Gasteiger charge is 2.18. The number of aliphatic hydroxyl groups is 1. The molecule has 0 spiro atoms. The Kier molecular flexibility index (Phi) is 5.85. The van der Waals surface area contributed by atoms with Crippen LogP contribution in [0.2, 0.25) is 0 Å². The monoisotopic (exact) mass is 355 g/mol. The summed E-state index contributed by atoms with van der Waals surface area (Å²) < 4.78 is 0. The molecule has 6 nitrogen and oxygen atoms in total. The van der Waals surface area contributed by atoms with E-state index in [9.17, 15) is 15.0 Å². The predicted molar refractivity (Wildman–Crippen MR) is 98.7 cm³/mol. The van der Waals surface area contributed by atoms with Gasteiger partial charge in [0.1, 0.15) is 5.75 Å². The highest BCUT2D eigenvalue weighted by molar-refractivity contribution is 5.95. The number of carbonyl (C=O) groups is 1. The van der Waals surface area contributed by atoms with E-state index in [0.717, 1.165) is 25.2 Å². The van der Waals surface area contributed by atoms with Gasteiger partial charge in [0.25, 0.3) is 5.91 Å². The highest BCUT2D eigenvalue weighted by Crippen LogP contribution is 2.24. The van der Waals surface area contributed by atoms with Crippen LogP contribution in [0.25, 0.3) is 0 Å². The lowest BCUT2D eigenvalue weighted by molar-refractivity contribution is 0.0948. The van der Waals surface area contributed by atoms with Gasteiger partial charge in [-0.25, -0.2) is 0 Å². The predicted octanol–water partition coefficient (Wildman–Crippen LogP) is 2.11. The molecule has 1 aliphatic rings. The van der Waals surface area contributed by atoms with Gasteiger partial charge in [-0.1, -0.05) is 18.2 Å². The van der Waals surface area contributed by atoms with Crippen molar-refractivity contribution in [1.29, 1.82) is 0 Å². The number of nitrogens with one attached hydrogen (secondary N) is 1. The van der Waals surface area contributed by atoms with Crippen molar-refractivity contribution in [3.63, 3.8) is 0 Å². The van der Waals surface area contributed by atoms with Crippen LogP contribution in [0.5, 0.6) is 5.75 Å². The summed E-state index contributed by atoms with van der Waals surface area (Å²) in [5.74, 6) is -0.167. The maximum absolute atomic E-state index is 12.7. The summed E-state index contributed by atoms with van der Waals surface area (Å²) in [7, 11) is 0. The van der Waals surface area contributed by atoms with Crippen molar-refractivity contribution in [3.8, 4) is 5.75 Å². The summed E-state index contributed by atoms with van der Waals surface area (Å²) in [4.78, 5) is 19.1. The number of rotatable bonds is 6. The highest BCUT2D eigenvalue weighted by atomic mass is 16.3. The number of benzene rings is 1. The number of hydrogen-bond acceptors (Lipinski definition) is 5. The van der Waals surface area contributed by atoms with Crippen molar-refractivity contribution < 1.29 is 15.0 Å². The van der Waals surface area contributed by atoms with E-state index in [4.69, 9.17) is 0 Å². The van der Waals surface area contributed by atoms with E-state index in [1.807, 2.05) is 24.3 Å². The zero-order valence-corrected chi connectivity index (χ0v) is 15.0. The van der Waals surface area contributed by atoms with Crippen molar-refractivity contribution >= 4 is 5.91 Å². The Morgan fingerprint density at radius 2 is 1.96 bits per heavy atom. The standard InChI is InChI=1S/C20H25N3O3/c1-14-19(25)18(16(13-24)10-21-14)11-22-20(26)17-7-3-2-6-15(17)12-23-8-4-5-9-23/h2-3,6-7,10,24-25H,4-5,8-9,11-13H2,1H3,(H,22,26). The summed E-state index contributed by atoms with van der Waals surface area (Å²) in [5, 5.41) is 22.5. The minimum absolute atomic E-state index is 0.0159. The number of carbonyl (C=O) groups excluding carboxylic acids is 1. The van der Waals surface area contributed by atoms with Crippen LogP contribution in [0.3, 0.4) is 0 Å². The lowest BCUT2D eigenvalue weighted by Crippen LogP contribution is -2.27. The molecule has 1 aromatic heterocycles. The lowest BCUT2D eigenvalue weighted by atomic mass is 10.1. The first kappa shape index (κ1) is 18.4. The molecule has 0 saturated carbocycles.